The Hall–Kier alpha value is -1.06. The highest BCUT2D eigenvalue weighted by Gasteiger charge is 2.08. The zero-order chi connectivity index (χ0) is 12.1. The van der Waals surface area contributed by atoms with Crippen molar-refractivity contribution in [3.05, 3.63) is 29.8 Å². The average Bonchev–Trinajstić information content (AvgIpc) is 2.26. The second kappa shape index (κ2) is 5.87. The number of benzene rings is 1. The summed E-state index contributed by atoms with van der Waals surface area (Å²) in [4.78, 5) is 2.07. The lowest BCUT2D eigenvalue weighted by Gasteiger charge is -2.18. The highest BCUT2D eigenvalue weighted by Crippen LogP contribution is 2.18. The molecule has 3 heteroatoms. The van der Waals surface area contributed by atoms with E-state index in [4.69, 9.17) is 10.5 Å². The topological polar surface area (TPSA) is 38.5 Å². The third-order valence-electron chi connectivity index (χ3n) is 2.42. The zero-order valence-electron chi connectivity index (χ0n) is 10.6. The Balaban J connectivity index is 2.68. The first-order valence-electron chi connectivity index (χ1n) is 5.65. The van der Waals surface area contributed by atoms with Gasteiger partial charge in [0.15, 0.2) is 0 Å². The van der Waals surface area contributed by atoms with Crippen LogP contribution in [0.1, 0.15) is 25.5 Å². The summed E-state index contributed by atoms with van der Waals surface area (Å²) in [5, 5.41) is 0. The summed E-state index contributed by atoms with van der Waals surface area (Å²) in [7, 11) is 4.05. The van der Waals surface area contributed by atoms with Crippen LogP contribution in [0.2, 0.25) is 0 Å². The molecular weight excluding hydrogens is 200 g/mol. The van der Waals surface area contributed by atoms with E-state index in [1.165, 1.54) is 0 Å². The molecule has 90 valence electrons. The monoisotopic (exact) mass is 222 g/mol. The van der Waals surface area contributed by atoms with Crippen molar-refractivity contribution in [1.82, 2.24) is 0 Å². The molecule has 0 spiro atoms. The van der Waals surface area contributed by atoms with Crippen LogP contribution in [0.15, 0.2) is 24.3 Å². The average molecular weight is 222 g/mol. The van der Waals surface area contributed by atoms with Gasteiger partial charge in [-0.25, -0.2) is 0 Å². The summed E-state index contributed by atoms with van der Waals surface area (Å²) in [5.74, 6) is 0. The minimum absolute atomic E-state index is 0.0534. The third-order valence-corrected chi connectivity index (χ3v) is 2.42. The van der Waals surface area contributed by atoms with Gasteiger partial charge >= 0.3 is 0 Å². The van der Waals surface area contributed by atoms with Gasteiger partial charge in [0.05, 0.1) is 18.8 Å². The highest BCUT2D eigenvalue weighted by atomic mass is 16.5. The second-order valence-corrected chi connectivity index (χ2v) is 4.48. The molecule has 1 unspecified atom stereocenters. The van der Waals surface area contributed by atoms with Crippen molar-refractivity contribution in [2.75, 3.05) is 25.6 Å². The molecule has 1 aromatic rings. The predicted octanol–water partition coefficient (Wildman–Crippen LogP) is 2.18. The van der Waals surface area contributed by atoms with E-state index in [9.17, 15) is 0 Å². The molecule has 0 bridgehead atoms. The summed E-state index contributed by atoms with van der Waals surface area (Å²) in [6.45, 7) is 4.60. The van der Waals surface area contributed by atoms with Crippen LogP contribution in [0, 0.1) is 0 Å². The van der Waals surface area contributed by atoms with Gasteiger partial charge in [-0.3, -0.25) is 0 Å². The molecule has 2 N–H and O–H groups in total. The van der Waals surface area contributed by atoms with Gasteiger partial charge in [-0.2, -0.15) is 0 Å². The van der Waals surface area contributed by atoms with Gasteiger partial charge in [0.25, 0.3) is 0 Å². The Morgan fingerprint density at radius 2 is 2.00 bits per heavy atom. The van der Waals surface area contributed by atoms with Gasteiger partial charge in [0, 0.05) is 19.8 Å². The maximum atomic E-state index is 6.07. The number of nitrogens with zero attached hydrogens (tertiary/aromatic N) is 1. The fraction of sp³-hybridized carbons (Fsp3) is 0.538. The van der Waals surface area contributed by atoms with Crippen LogP contribution in [0.3, 0.4) is 0 Å². The summed E-state index contributed by atoms with van der Waals surface area (Å²) in [6, 6.07) is 8.19. The smallest absolute Gasteiger partial charge is 0.0662 e. The van der Waals surface area contributed by atoms with Crippen molar-refractivity contribution >= 4 is 5.69 Å². The van der Waals surface area contributed by atoms with Crippen molar-refractivity contribution in [1.29, 1.82) is 0 Å². The van der Waals surface area contributed by atoms with E-state index in [1.807, 2.05) is 40.1 Å². The number of nitrogens with two attached hydrogens (primary N) is 1. The van der Waals surface area contributed by atoms with Crippen molar-refractivity contribution in [2.45, 2.75) is 26.0 Å². The van der Waals surface area contributed by atoms with Crippen LogP contribution >= 0.6 is 0 Å². The quantitative estimate of drug-likeness (QED) is 0.830. The fourth-order valence-electron chi connectivity index (χ4n) is 1.43. The molecular formula is C13H22N2O. The van der Waals surface area contributed by atoms with E-state index < -0.39 is 0 Å². The molecule has 1 aromatic carbocycles. The van der Waals surface area contributed by atoms with Crippen LogP contribution < -0.4 is 10.6 Å². The van der Waals surface area contributed by atoms with Crippen LogP contribution in [-0.2, 0) is 4.74 Å². The normalized spacial score (nSPS) is 12.9. The van der Waals surface area contributed by atoms with Crippen molar-refractivity contribution in [3.63, 3.8) is 0 Å². The lowest BCUT2D eigenvalue weighted by molar-refractivity contribution is 0.0683. The lowest BCUT2D eigenvalue weighted by Crippen LogP contribution is -2.20. The molecule has 0 saturated carbocycles. The van der Waals surface area contributed by atoms with E-state index >= 15 is 0 Å². The minimum Gasteiger partial charge on any atom is -0.378 e. The largest absolute Gasteiger partial charge is 0.378 e. The Kier molecular flexibility index (Phi) is 4.77. The van der Waals surface area contributed by atoms with Crippen LogP contribution in [0.4, 0.5) is 5.69 Å². The molecule has 0 aliphatic rings. The Bertz CT molecular complexity index is 323. The van der Waals surface area contributed by atoms with E-state index in [-0.39, 0.29) is 12.1 Å². The Morgan fingerprint density at radius 1 is 1.31 bits per heavy atom. The molecule has 0 fully saturated rings. The molecule has 0 radical (unpaired) electrons. The van der Waals surface area contributed by atoms with E-state index in [1.54, 1.807) is 0 Å². The Morgan fingerprint density at radius 3 is 2.56 bits per heavy atom. The van der Waals surface area contributed by atoms with E-state index in [0.717, 1.165) is 11.3 Å². The van der Waals surface area contributed by atoms with Gasteiger partial charge in [-0.1, -0.05) is 12.1 Å². The van der Waals surface area contributed by atoms with E-state index in [2.05, 4.69) is 17.0 Å². The second-order valence-electron chi connectivity index (χ2n) is 4.48. The van der Waals surface area contributed by atoms with Gasteiger partial charge in [0.1, 0.15) is 0 Å². The zero-order valence-corrected chi connectivity index (χ0v) is 10.6. The predicted molar refractivity (Wildman–Crippen MR) is 68.8 cm³/mol. The lowest BCUT2D eigenvalue weighted by atomic mass is 10.1. The number of ether oxygens (including phenoxy) is 1. The maximum Gasteiger partial charge on any atom is 0.0662 e. The first-order valence-corrected chi connectivity index (χ1v) is 5.65. The number of hydrogen-bond donors (Lipinski definition) is 1. The summed E-state index contributed by atoms with van der Waals surface area (Å²) in [5.41, 5.74) is 8.35. The first-order chi connectivity index (χ1) is 7.50. The Labute approximate surface area is 98.2 Å². The van der Waals surface area contributed by atoms with Crippen LogP contribution in [0.25, 0.3) is 0 Å². The minimum atomic E-state index is -0.0534. The molecule has 0 heterocycles. The van der Waals surface area contributed by atoms with Crippen molar-refractivity contribution in [3.8, 4) is 0 Å². The molecule has 1 atom stereocenters. The van der Waals surface area contributed by atoms with Crippen LogP contribution in [0.5, 0.6) is 0 Å². The van der Waals surface area contributed by atoms with E-state index in [0.29, 0.717) is 6.61 Å². The molecule has 0 saturated heterocycles. The molecule has 0 amide bonds. The third kappa shape index (κ3) is 3.83. The highest BCUT2D eigenvalue weighted by molar-refractivity contribution is 5.47. The SMILES string of the molecule is CC(C)OCC(N)c1cccc(N(C)C)c1. The first kappa shape index (κ1) is 13.0. The summed E-state index contributed by atoms with van der Waals surface area (Å²) in [6.07, 6.45) is 0.225. The molecule has 0 aliphatic heterocycles. The molecule has 3 nitrogen and oxygen atoms in total. The number of anilines is 1. The molecule has 0 aliphatic carbocycles. The standard InChI is InChI=1S/C13H22N2O/c1-10(2)16-9-13(14)11-6-5-7-12(8-11)15(3)4/h5-8,10,13H,9,14H2,1-4H3. The number of hydrogen-bond acceptors (Lipinski definition) is 3. The van der Waals surface area contributed by atoms with Crippen LogP contribution in [-0.4, -0.2) is 26.8 Å². The fourth-order valence-corrected chi connectivity index (χ4v) is 1.43. The van der Waals surface area contributed by atoms with Gasteiger partial charge < -0.3 is 15.4 Å². The van der Waals surface area contributed by atoms with Gasteiger partial charge in [0.2, 0.25) is 0 Å². The van der Waals surface area contributed by atoms with Crippen molar-refractivity contribution in [2.24, 2.45) is 5.73 Å². The van der Waals surface area contributed by atoms with Gasteiger partial charge in [-0.15, -0.1) is 0 Å². The maximum absolute atomic E-state index is 6.07. The summed E-state index contributed by atoms with van der Waals surface area (Å²) >= 11 is 0. The number of rotatable bonds is 5. The molecule has 0 aromatic heterocycles. The van der Waals surface area contributed by atoms with Crippen molar-refractivity contribution < 1.29 is 4.74 Å². The molecule has 1 rings (SSSR count). The molecule has 16 heavy (non-hydrogen) atoms. The summed E-state index contributed by atoms with van der Waals surface area (Å²) < 4.78 is 5.52. The van der Waals surface area contributed by atoms with Gasteiger partial charge in [-0.05, 0) is 31.5 Å².